The molecule has 4 rings (SSSR count). The lowest BCUT2D eigenvalue weighted by molar-refractivity contribution is -0.296. The molecule has 5 atom stereocenters. The molecule has 0 spiro atoms. The Balaban J connectivity index is 1.58. The average Bonchev–Trinajstić information content (AvgIpc) is 2.97. The van der Waals surface area contributed by atoms with Gasteiger partial charge in [0.05, 0.1) is 16.7 Å². The first-order valence-electron chi connectivity index (χ1n) is 12.0. The summed E-state index contributed by atoms with van der Waals surface area (Å²) < 4.78 is 34.2. The molecule has 3 aromatic carbocycles. The summed E-state index contributed by atoms with van der Waals surface area (Å²) in [5.74, 6) is -1.86. The summed E-state index contributed by atoms with van der Waals surface area (Å²) in [4.78, 5) is 38.5. The number of hydrogen-bond acceptors (Lipinski definition) is 9. The normalized spacial score (nSPS) is 22.7. The van der Waals surface area contributed by atoms with Crippen LogP contribution in [0.4, 0.5) is 0 Å². The van der Waals surface area contributed by atoms with Crippen LogP contribution in [-0.2, 0) is 28.4 Å². The zero-order chi connectivity index (χ0) is 26.9. The molecule has 0 radical (unpaired) electrons. The number of esters is 3. The van der Waals surface area contributed by atoms with Crippen molar-refractivity contribution in [1.29, 1.82) is 0 Å². The average molecular weight is 521 g/mol. The van der Waals surface area contributed by atoms with Crippen LogP contribution < -0.4 is 0 Å². The van der Waals surface area contributed by atoms with Gasteiger partial charge in [0.1, 0.15) is 18.8 Å². The van der Waals surface area contributed by atoms with Crippen molar-refractivity contribution in [2.45, 2.75) is 30.7 Å². The maximum absolute atomic E-state index is 13.0. The number of benzene rings is 3. The van der Waals surface area contributed by atoms with Crippen LogP contribution in [0, 0.1) is 0 Å². The zero-order valence-corrected chi connectivity index (χ0v) is 20.9. The van der Waals surface area contributed by atoms with Gasteiger partial charge >= 0.3 is 17.9 Å². The second-order valence-electron chi connectivity index (χ2n) is 8.42. The number of carbonyl (C=O) groups excluding carboxylic acids is 3. The Morgan fingerprint density at radius 3 is 1.50 bits per heavy atom. The van der Waals surface area contributed by atoms with Gasteiger partial charge in [-0.1, -0.05) is 54.6 Å². The third kappa shape index (κ3) is 6.44. The molecule has 0 saturated carbocycles. The van der Waals surface area contributed by atoms with Gasteiger partial charge < -0.3 is 28.4 Å². The van der Waals surface area contributed by atoms with Crippen LogP contribution in [0.25, 0.3) is 0 Å². The molecular weight excluding hydrogens is 492 g/mol. The molecule has 0 N–H and O–H groups in total. The molecule has 0 amide bonds. The van der Waals surface area contributed by atoms with Gasteiger partial charge in [0.15, 0.2) is 18.5 Å². The van der Waals surface area contributed by atoms with E-state index < -0.39 is 48.6 Å². The van der Waals surface area contributed by atoms with Crippen molar-refractivity contribution in [2.75, 3.05) is 20.8 Å². The van der Waals surface area contributed by atoms with Crippen LogP contribution >= 0.6 is 0 Å². The Morgan fingerprint density at radius 1 is 0.605 bits per heavy atom. The van der Waals surface area contributed by atoms with E-state index in [-0.39, 0.29) is 6.61 Å². The third-order valence-electron chi connectivity index (χ3n) is 5.99. The molecular formula is C29H28O9. The van der Waals surface area contributed by atoms with Gasteiger partial charge in [-0.05, 0) is 36.4 Å². The van der Waals surface area contributed by atoms with Crippen LogP contribution in [0.2, 0.25) is 0 Å². The maximum atomic E-state index is 13.0. The van der Waals surface area contributed by atoms with Gasteiger partial charge in [0.25, 0.3) is 0 Å². The van der Waals surface area contributed by atoms with Crippen LogP contribution in [0.5, 0.6) is 0 Å². The van der Waals surface area contributed by atoms with Gasteiger partial charge in [0, 0.05) is 14.2 Å². The van der Waals surface area contributed by atoms with Crippen LogP contribution in [-0.4, -0.2) is 69.4 Å². The molecule has 1 heterocycles. The topological polar surface area (TPSA) is 107 Å². The van der Waals surface area contributed by atoms with E-state index in [9.17, 15) is 14.4 Å². The minimum Gasteiger partial charge on any atom is -0.459 e. The highest BCUT2D eigenvalue weighted by Crippen LogP contribution is 2.30. The Morgan fingerprint density at radius 2 is 1.05 bits per heavy atom. The van der Waals surface area contributed by atoms with E-state index in [2.05, 4.69) is 0 Å². The first-order chi connectivity index (χ1) is 18.5. The van der Waals surface area contributed by atoms with Gasteiger partial charge in [-0.25, -0.2) is 14.4 Å². The van der Waals surface area contributed by atoms with Crippen molar-refractivity contribution in [3.63, 3.8) is 0 Å². The number of methoxy groups -OCH3 is 2. The molecule has 1 aliphatic rings. The lowest BCUT2D eigenvalue weighted by atomic mass is 9.98. The molecule has 0 unspecified atom stereocenters. The van der Waals surface area contributed by atoms with Crippen molar-refractivity contribution < 1.29 is 42.8 Å². The zero-order valence-electron chi connectivity index (χ0n) is 20.9. The second-order valence-corrected chi connectivity index (χ2v) is 8.42. The molecule has 1 fully saturated rings. The predicted octanol–water partition coefficient (Wildman–Crippen LogP) is 3.68. The fourth-order valence-corrected chi connectivity index (χ4v) is 4.09. The van der Waals surface area contributed by atoms with Crippen molar-refractivity contribution in [2.24, 2.45) is 0 Å². The molecule has 0 aliphatic carbocycles. The molecule has 0 bridgehead atoms. The van der Waals surface area contributed by atoms with E-state index in [4.69, 9.17) is 28.4 Å². The van der Waals surface area contributed by atoms with E-state index in [0.29, 0.717) is 16.7 Å². The number of carbonyl (C=O) groups is 3. The number of hydrogen-bond donors (Lipinski definition) is 0. The fourth-order valence-electron chi connectivity index (χ4n) is 4.09. The van der Waals surface area contributed by atoms with Crippen molar-refractivity contribution in [3.8, 4) is 0 Å². The molecule has 3 aromatic rings. The summed E-state index contributed by atoms with van der Waals surface area (Å²) >= 11 is 0. The van der Waals surface area contributed by atoms with Crippen molar-refractivity contribution in [1.82, 2.24) is 0 Å². The minimum absolute atomic E-state index is 0.278. The summed E-state index contributed by atoms with van der Waals surface area (Å²) in [6.07, 6.45) is -5.31. The first kappa shape index (κ1) is 27.0. The lowest BCUT2D eigenvalue weighted by Gasteiger charge is -2.43. The monoisotopic (exact) mass is 520 g/mol. The Labute approximate surface area is 220 Å². The van der Waals surface area contributed by atoms with Gasteiger partial charge in [-0.2, -0.15) is 0 Å². The standard InChI is InChI=1S/C29H28O9/c1-33-24-23(37-27(31)20-14-8-4-9-15-20)22(18-35-26(30)19-12-6-3-7-13-19)36-29(34-2)25(24)38-28(32)21-16-10-5-11-17-21/h3-17,22-25,29H,18H2,1-2H3/t22-,23-,24+,25+,29+/m1/s1. The predicted molar refractivity (Wildman–Crippen MR) is 134 cm³/mol. The maximum Gasteiger partial charge on any atom is 0.338 e. The summed E-state index contributed by atoms with van der Waals surface area (Å²) in [6, 6.07) is 25.2. The minimum atomic E-state index is -1.11. The van der Waals surface area contributed by atoms with Crippen molar-refractivity contribution >= 4 is 17.9 Å². The van der Waals surface area contributed by atoms with Crippen LogP contribution in [0.1, 0.15) is 31.1 Å². The van der Waals surface area contributed by atoms with E-state index in [1.54, 1.807) is 91.0 Å². The summed E-state index contributed by atoms with van der Waals surface area (Å²) in [5.41, 5.74) is 0.963. The van der Waals surface area contributed by atoms with Gasteiger partial charge in [-0.3, -0.25) is 0 Å². The Kier molecular flexibility index (Phi) is 9.21. The summed E-state index contributed by atoms with van der Waals surface area (Å²) in [7, 11) is 2.77. The second kappa shape index (κ2) is 13.0. The van der Waals surface area contributed by atoms with Crippen LogP contribution in [0.3, 0.4) is 0 Å². The summed E-state index contributed by atoms with van der Waals surface area (Å²) in [6.45, 7) is -0.278. The molecule has 0 aromatic heterocycles. The highest BCUT2D eigenvalue weighted by Gasteiger charge is 2.51. The molecule has 9 heteroatoms. The smallest absolute Gasteiger partial charge is 0.338 e. The van der Waals surface area contributed by atoms with E-state index in [1.807, 2.05) is 0 Å². The molecule has 1 saturated heterocycles. The van der Waals surface area contributed by atoms with Gasteiger partial charge in [0.2, 0.25) is 0 Å². The largest absolute Gasteiger partial charge is 0.459 e. The Hall–Kier alpha value is -4.05. The van der Waals surface area contributed by atoms with E-state index in [0.717, 1.165) is 0 Å². The lowest BCUT2D eigenvalue weighted by Crippen LogP contribution is -2.62. The van der Waals surface area contributed by atoms with E-state index in [1.165, 1.54) is 14.2 Å². The fraction of sp³-hybridized carbons (Fsp3) is 0.276. The summed E-state index contributed by atoms with van der Waals surface area (Å²) in [5, 5.41) is 0. The molecule has 38 heavy (non-hydrogen) atoms. The third-order valence-corrected chi connectivity index (χ3v) is 5.99. The van der Waals surface area contributed by atoms with Crippen molar-refractivity contribution in [3.05, 3.63) is 108 Å². The highest BCUT2D eigenvalue weighted by molar-refractivity contribution is 5.90. The first-order valence-corrected chi connectivity index (χ1v) is 12.0. The quantitative estimate of drug-likeness (QED) is 0.308. The number of ether oxygens (including phenoxy) is 6. The molecule has 198 valence electrons. The molecule has 9 nitrogen and oxygen atoms in total. The highest BCUT2D eigenvalue weighted by atomic mass is 16.7. The molecule has 1 aliphatic heterocycles. The number of rotatable bonds is 9. The van der Waals surface area contributed by atoms with Crippen LogP contribution in [0.15, 0.2) is 91.0 Å². The van der Waals surface area contributed by atoms with E-state index >= 15 is 0 Å². The Bertz CT molecular complexity index is 1200. The SMILES string of the molecule is CO[C@H]1O[C@H](COC(=O)c2ccccc2)[C@@H](OC(=O)c2ccccc2)[C@H](OC)[C@@H]1OC(=O)c1ccccc1. The van der Waals surface area contributed by atoms with Gasteiger partial charge in [-0.15, -0.1) is 0 Å².